The predicted octanol–water partition coefficient (Wildman–Crippen LogP) is 3.76. The number of hydrogen-bond acceptors (Lipinski definition) is 8. The van der Waals surface area contributed by atoms with Gasteiger partial charge in [0.1, 0.15) is 35.6 Å². The summed E-state index contributed by atoms with van der Waals surface area (Å²) in [6.07, 6.45) is 2.61. The first-order valence-electron chi connectivity index (χ1n) is 8.56. The van der Waals surface area contributed by atoms with E-state index in [1.54, 1.807) is 20.1 Å². The first-order chi connectivity index (χ1) is 13.6. The van der Waals surface area contributed by atoms with Crippen LogP contribution in [0.3, 0.4) is 0 Å². The van der Waals surface area contributed by atoms with Gasteiger partial charge in [0.05, 0.1) is 18.8 Å². The standard InChI is InChI=1S/C19H17FN6O2/c1-11(19-24-12(2)25-28-19)26(17-7-4-13(20)9-21-17)18-15-6-5-14(27-3)8-16(15)22-10-23-18/h4-11H,1-3H3. The number of fused-ring (bicyclic) bond motifs is 1. The van der Waals surface area contributed by atoms with Gasteiger partial charge in [0.2, 0.25) is 5.89 Å². The zero-order valence-corrected chi connectivity index (χ0v) is 15.5. The topological polar surface area (TPSA) is 90.1 Å². The maximum atomic E-state index is 13.5. The van der Waals surface area contributed by atoms with E-state index in [1.165, 1.54) is 12.4 Å². The molecule has 0 saturated carbocycles. The highest BCUT2D eigenvalue weighted by Crippen LogP contribution is 2.36. The molecule has 3 heterocycles. The summed E-state index contributed by atoms with van der Waals surface area (Å²) in [5, 5.41) is 4.64. The van der Waals surface area contributed by atoms with Crippen molar-refractivity contribution in [3.8, 4) is 5.75 Å². The molecular formula is C19H17FN6O2. The van der Waals surface area contributed by atoms with E-state index in [0.29, 0.717) is 34.6 Å². The van der Waals surface area contributed by atoms with E-state index in [1.807, 2.05) is 30.0 Å². The number of aromatic nitrogens is 5. The van der Waals surface area contributed by atoms with Crippen molar-refractivity contribution >= 4 is 22.5 Å². The molecule has 1 atom stereocenters. The molecule has 28 heavy (non-hydrogen) atoms. The average Bonchev–Trinajstić information content (AvgIpc) is 3.15. The van der Waals surface area contributed by atoms with Gasteiger partial charge in [-0.2, -0.15) is 4.98 Å². The number of rotatable bonds is 5. The monoisotopic (exact) mass is 380 g/mol. The van der Waals surface area contributed by atoms with E-state index in [4.69, 9.17) is 9.26 Å². The van der Waals surface area contributed by atoms with Gasteiger partial charge in [-0.15, -0.1) is 0 Å². The number of halogens is 1. The number of methoxy groups -OCH3 is 1. The lowest BCUT2D eigenvalue weighted by Crippen LogP contribution is -2.24. The zero-order chi connectivity index (χ0) is 19.7. The zero-order valence-electron chi connectivity index (χ0n) is 15.5. The first kappa shape index (κ1) is 17.8. The molecule has 0 bridgehead atoms. The van der Waals surface area contributed by atoms with Crippen molar-refractivity contribution in [1.29, 1.82) is 0 Å². The van der Waals surface area contributed by atoms with Crippen LogP contribution in [0.4, 0.5) is 16.0 Å². The van der Waals surface area contributed by atoms with E-state index in [2.05, 4.69) is 25.1 Å². The van der Waals surface area contributed by atoms with Crippen LogP contribution in [-0.4, -0.2) is 32.2 Å². The summed E-state index contributed by atoms with van der Waals surface area (Å²) in [7, 11) is 1.60. The van der Waals surface area contributed by atoms with Crippen molar-refractivity contribution in [1.82, 2.24) is 25.1 Å². The van der Waals surface area contributed by atoms with Crippen LogP contribution in [0.2, 0.25) is 0 Å². The summed E-state index contributed by atoms with van der Waals surface area (Å²) >= 11 is 0. The normalized spacial score (nSPS) is 12.1. The van der Waals surface area contributed by atoms with Crippen LogP contribution in [0.25, 0.3) is 10.9 Å². The second kappa shape index (κ2) is 7.18. The second-order valence-corrected chi connectivity index (χ2v) is 6.14. The Bertz CT molecular complexity index is 1120. The molecule has 0 aliphatic heterocycles. The minimum absolute atomic E-state index is 0.392. The third-order valence-corrected chi connectivity index (χ3v) is 4.30. The van der Waals surface area contributed by atoms with Gasteiger partial charge in [0.15, 0.2) is 5.82 Å². The van der Waals surface area contributed by atoms with Crippen LogP contribution >= 0.6 is 0 Å². The molecule has 9 heteroatoms. The molecule has 0 amide bonds. The summed E-state index contributed by atoms with van der Waals surface area (Å²) in [4.78, 5) is 19.1. The average molecular weight is 380 g/mol. The third kappa shape index (κ3) is 3.22. The van der Waals surface area contributed by atoms with Crippen molar-refractivity contribution in [2.45, 2.75) is 19.9 Å². The molecular weight excluding hydrogens is 363 g/mol. The Kier molecular flexibility index (Phi) is 4.56. The summed E-state index contributed by atoms with van der Waals surface area (Å²) in [5.41, 5.74) is 0.699. The molecule has 0 fully saturated rings. The number of hydrogen-bond donors (Lipinski definition) is 0. The number of aryl methyl sites for hydroxylation is 1. The number of ether oxygens (including phenoxy) is 1. The molecule has 1 aromatic carbocycles. The Balaban J connectivity index is 1.90. The van der Waals surface area contributed by atoms with Gasteiger partial charge in [-0.3, -0.25) is 4.90 Å². The van der Waals surface area contributed by atoms with Gasteiger partial charge >= 0.3 is 0 Å². The van der Waals surface area contributed by atoms with Crippen LogP contribution in [-0.2, 0) is 0 Å². The first-order valence-corrected chi connectivity index (χ1v) is 8.56. The maximum Gasteiger partial charge on any atom is 0.249 e. The molecule has 142 valence electrons. The lowest BCUT2D eigenvalue weighted by Gasteiger charge is -2.27. The molecule has 0 N–H and O–H groups in total. The van der Waals surface area contributed by atoms with Crippen molar-refractivity contribution < 1.29 is 13.7 Å². The van der Waals surface area contributed by atoms with E-state index in [9.17, 15) is 4.39 Å². The van der Waals surface area contributed by atoms with E-state index in [-0.39, 0.29) is 0 Å². The van der Waals surface area contributed by atoms with Gasteiger partial charge in [-0.25, -0.2) is 19.3 Å². The predicted molar refractivity (Wildman–Crippen MR) is 99.9 cm³/mol. The molecule has 8 nitrogen and oxygen atoms in total. The highest BCUT2D eigenvalue weighted by molar-refractivity contribution is 5.92. The Morgan fingerprint density at radius 3 is 2.68 bits per heavy atom. The summed E-state index contributed by atoms with van der Waals surface area (Å²) in [6, 6.07) is 8.02. The van der Waals surface area contributed by atoms with Crippen LogP contribution in [0.5, 0.6) is 5.75 Å². The van der Waals surface area contributed by atoms with Crippen molar-refractivity contribution in [3.05, 3.63) is 60.4 Å². The molecule has 0 spiro atoms. The fraction of sp³-hybridized carbons (Fsp3) is 0.211. The molecule has 4 aromatic rings. The van der Waals surface area contributed by atoms with Crippen molar-refractivity contribution in [2.75, 3.05) is 12.0 Å². The van der Waals surface area contributed by atoms with Gasteiger partial charge in [-0.05, 0) is 38.1 Å². The summed E-state index contributed by atoms with van der Waals surface area (Å²) in [5.74, 6) is 2.23. The van der Waals surface area contributed by atoms with E-state index < -0.39 is 11.9 Å². The lowest BCUT2D eigenvalue weighted by molar-refractivity contribution is 0.357. The van der Waals surface area contributed by atoms with Crippen molar-refractivity contribution in [3.63, 3.8) is 0 Å². The molecule has 0 radical (unpaired) electrons. The fourth-order valence-corrected chi connectivity index (χ4v) is 2.94. The van der Waals surface area contributed by atoms with Crippen molar-refractivity contribution in [2.24, 2.45) is 0 Å². The minimum Gasteiger partial charge on any atom is -0.497 e. The largest absolute Gasteiger partial charge is 0.497 e. The van der Waals surface area contributed by atoms with Gasteiger partial charge in [0.25, 0.3) is 0 Å². The highest BCUT2D eigenvalue weighted by atomic mass is 19.1. The second-order valence-electron chi connectivity index (χ2n) is 6.14. The van der Waals surface area contributed by atoms with Gasteiger partial charge < -0.3 is 9.26 Å². The Labute approximate surface area is 160 Å². The number of anilines is 2. The SMILES string of the molecule is COc1ccc2c(N(c3ccc(F)cn3)C(C)c3nc(C)no3)ncnc2c1. The van der Waals surface area contributed by atoms with Gasteiger partial charge in [-0.1, -0.05) is 5.16 Å². The highest BCUT2D eigenvalue weighted by Gasteiger charge is 2.27. The Hall–Kier alpha value is -3.62. The van der Waals surface area contributed by atoms with E-state index in [0.717, 1.165) is 11.6 Å². The fourth-order valence-electron chi connectivity index (χ4n) is 2.94. The maximum absolute atomic E-state index is 13.5. The van der Waals surface area contributed by atoms with Crippen LogP contribution < -0.4 is 9.64 Å². The quantitative estimate of drug-likeness (QED) is 0.517. The lowest BCUT2D eigenvalue weighted by atomic mass is 10.2. The minimum atomic E-state index is -0.428. The molecule has 3 aromatic heterocycles. The number of benzene rings is 1. The third-order valence-electron chi connectivity index (χ3n) is 4.30. The molecule has 1 unspecified atom stereocenters. The van der Waals surface area contributed by atoms with Crippen LogP contribution in [0.15, 0.2) is 47.4 Å². The number of pyridine rings is 1. The van der Waals surface area contributed by atoms with E-state index >= 15 is 0 Å². The molecule has 4 rings (SSSR count). The summed E-state index contributed by atoms with van der Waals surface area (Å²) < 4.78 is 24.1. The van der Waals surface area contributed by atoms with Crippen LogP contribution in [0.1, 0.15) is 24.7 Å². The van der Waals surface area contributed by atoms with Gasteiger partial charge in [0, 0.05) is 11.5 Å². The Morgan fingerprint density at radius 1 is 1.14 bits per heavy atom. The smallest absolute Gasteiger partial charge is 0.249 e. The molecule has 0 aliphatic rings. The molecule has 0 saturated heterocycles. The van der Waals surface area contributed by atoms with Crippen LogP contribution in [0, 0.1) is 12.7 Å². The summed E-state index contributed by atoms with van der Waals surface area (Å²) in [6.45, 7) is 3.63. The number of nitrogens with zero attached hydrogens (tertiary/aromatic N) is 6. The molecule has 0 aliphatic carbocycles. The Morgan fingerprint density at radius 2 is 2.00 bits per heavy atom.